The fourth-order valence-corrected chi connectivity index (χ4v) is 3.08. The van der Waals surface area contributed by atoms with E-state index < -0.39 is 0 Å². The number of carbonyl (C=O) groups excluding carboxylic acids is 1. The maximum Gasteiger partial charge on any atom is 0.248 e. The van der Waals surface area contributed by atoms with E-state index in [2.05, 4.69) is 15.2 Å². The summed E-state index contributed by atoms with van der Waals surface area (Å²) in [5.41, 5.74) is 7.06. The molecule has 0 bridgehead atoms. The number of primary amides is 1. The average molecular weight is 299 g/mol. The van der Waals surface area contributed by atoms with Crippen LogP contribution in [0.4, 0.5) is 0 Å². The van der Waals surface area contributed by atoms with Gasteiger partial charge >= 0.3 is 0 Å². The van der Waals surface area contributed by atoms with Crippen molar-refractivity contribution in [3.8, 4) is 0 Å². The second-order valence-electron chi connectivity index (χ2n) is 5.81. The number of carbonyl (C=O) groups is 1. The Balaban J connectivity index is 1.71. The molecule has 0 radical (unpaired) electrons. The van der Waals surface area contributed by atoms with E-state index in [1.807, 2.05) is 29.1 Å². The number of benzene rings is 1. The SMILES string of the molecule is NC(=O)c1cccc(CN2CCCCC2Cn2ccnn2)c1. The van der Waals surface area contributed by atoms with Gasteiger partial charge in [-0.3, -0.25) is 14.4 Å². The summed E-state index contributed by atoms with van der Waals surface area (Å²) in [7, 11) is 0. The van der Waals surface area contributed by atoms with Crippen LogP contribution < -0.4 is 5.73 Å². The lowest BCUT2D eigenvalue weighted by molar-refractivity contribution is 0.0999. The fourth-order valence-electron chi connectivity index (χ4n) is 3.08. The number of hydrogen-bond acceptors (Lipinski definition) is 4. The number of nitrogens with zero attached hydrogens (tertiary/aromatic N) is 4. The van der Waals surface area contributed by atoms with E-state index in [1.165, 1.54) is 12.8 Å². The lowest BCUT2D eigenvalue weighted by Gasteiger charge is -2.35. The zero-order valence-corrected chi connectivity index (χ0v) is 12.6. The maximum absolute atomic E-state index is 11.3. The Morgan fingerprint density at radius 2 is 2.27 bits per heavy atom. The fraction of sp³-hybridized carbons (Fsp3) is 0.438. The highest BCUT2D eigenvalue weighted by Crippen LogP contribution is 2.21. The summed E-state index contributed by atoms with van der Waals surface area (Å²) in [6.07, 6.45) is 7.24. The van der Waals surface area contributed by atoms with Gasteiger partial charge in [0.2, 0.25) is 5.91 Å². The molecular formula is C16H21N5O. The predicted molar refractivity (Wildman–Crippen MR) is 83.0 cm³/mol. The molecule has 1 aliphatic heterocycles. The molecule has 0 aliphatic carbocycles. The molecule has 1 amide bonds. The van der Waals surface area contributed by atoms with Crippen molar-refractivity contribution in [2.45, 2.75) is 38.4 Å². The zero-order chi connectivity index (χ0) is 15.4. The lowest BCUT2D eigenvalue weighted by Crippen LogP contribution is -2.41. The number of aromatic nitrogens is 3. The van der Waals surface area contributed by atoms with E-state index in [0.717, 1.165) is 31.6 Å². The van der Waals surface area contributed by atoms with E-state index in [1.54, 1.807) is 12.3 Å². The molecule has 1 saturated heterocycles. The molecule has 6 heteroatoms. The molecule has 116 valence electrons. The van der Waals surface area contributed by atoms with Crippen LogP contribution in [0.3, 0.4) is 0 Å². The molecule has 2 N–H and O–H groups in total. The van der Waals surface area contributed by atoms with Crippen LogP contribution in [-0.2, 0) is 13.1 Å². The quantitative estimate of drug-likeness (QED) is 0.906. The number of amides is 1. The Kier molecular flexibility index (Phi) is 4.48. The van der Waals surface area contributed by atoms with Gasteiger partial charge in [0.1, 0.15) is 0 Å². The highest BCUT2D eigenvalue weighted by Gasteiger charge is 2.23. The summed E-state index contributed by atoms with van der Waals surface area (Å²) in [5, 5.41) is 7.94. The van der Waals surface area contributed by atoms with Gasteiger partial charge < -0.3 is 5.73 Å². The number of piperidine rings is 1. The highest BCUT2D eigenvalue weighted by atomic mass is 16.1. The summed E-state index contributed by atoms with van der Waals surface area (Å²) in [6, 6.07) is 8.05. The molecule has 2 aromatic rings. The predicted octanol–water partition coefficient (Wildman–Crippen LogP) is 1.43. The van der Waals surface area contributed by atoms with E-state index in [-0.39, 0.29) is 5.91 Å². The molecule has 1 unspecified atom stereocenters. The van der Waals surface area contributed by atoms with Crippen molar-refractivity contribution in [1.82, 2.24) is 19.9 Å². The molecule has 0 spiro atoms. The minimum Gasteiger partial charge on any atom is -0.366 e. The van der Waals surface area contributed by atoms with Crippen molar-refractivity contribution in [1.29, 1.82) is 0 Å². The summed E-state index contributed by atoms with van der Waals surface area (Å²) in [4.78, 5) is 13.8. The van der Waals surface area contributed by atoms with Crippen LogP contribution in [0, 0.1) is 0 Å². The molecule has 0 saturated carbocycles. The van der Waals surface area contributed by atoms with Crippen molar-refractivity contribution in [2.75, 3.05) is 6.54 Å². The molecule has 2 heterocycles. The van der Waals surface area contributed by atoms with Crippen molar-refractivity contribution < 1.29 is 4.79 Å². The van der Waals surface area contributed by atoms with Crippen LogP contribution in [0.5, 0.6) is 0 Å². The van der Waals surface area contributed by atoms with Crippen LogP contribution in [0.2, 0.25) is 0 Å². The minimum absolute atomic E-state index is 0.375. The van der Waals surface area contributed by atoms with Gasteiger partial charge in [0.15, 0.2) is 0 Å². The van der Waals surface area contributed by atoms with Crippen molar-refractivity contribution >= 4 is 5.91 Å². The minimum atomic E-state index is -0.375. The van der Waals surface area contributed by atoms with Gasteiger partial charge in [-0.05, 0) is 37.1 Å². The molecule has 6 nitrogen and oxygen atoms in total. The van der Waals surface area contributed by atoms with Crippen molar-refractivity contribution in [2.24, 2.45) is 5.73 Å². The van der Waals surface area contributed by atoms with Gasteiger partial charge in [0.05, 0.1) is 12.7 Å². The Labute approximate surface area is 129 Å². The van der Waals surface area contributed by atoms with E-state index in [9.17, 15) is 4.79 Å². The van der Waals surface area contributed by atoms with Gasteiger partial charge in [-0.15, -0.1) is 5.10 Å². The van der Waals surface area contributed by atoms with Crippen LogP contribution in [-0.4, -0.2) is 38.4 Å². The van der Waals surface area contributed by atoms with Gasteiger partial charge in [-0.1, -0.05) is 23.8 Å². The van der Waals surface area contributed by atoms with Gasteiger partial charge in [0.25, 0.3) is 0 Å². The van der Waals surface area contributed by atoms with Crippen LogP contribution >= 0.6 is 0 Å². The number of rotatable bonds is 5. The summed E-state index contributed by atoms with van der Waals surface area (Å²) in [5.74, 6) is -0.375. The summed E-state index contributed by atoms with van der Waals surface area (Å²) >= 11 is 0. The smallest absolute Gasteiger partial charge is 0.248 e. The first-order chi connectivity index (χ1) is 10.7. The number of likely N-dealkylation sites (tertiary alicyclic amines) is 1. The third kappa shape index (κ3) is 3.51. The zero-order valence-electron chi connectivity index (χ0n) is 12.6. The van der Waals surface area contributed by atoms with E-state index >= 15 is 0 Å². The number of hydrogen-bond donors (Lipinski definition) is 1. The Hall–Kier alpha value is -2.21. The molecule has 1 aromatic heterocycles. The normalized spacial score (nSPS) is 19.2. The molecule has 22 heavy (non-hydrogen) atoms. The first kappa shape index (κ1) is 14.7. The molecule has 1 atom stereocenters. The van der Waals surface area contributed by atoms with Gasteiger partial charge in [-0.2, -0.15) is 0 Å². The number of nitrogens with two attached hydrogens (primary N) is 1. The van der Waals surface area contributed by atoms with Crippen LogP contribution in [0.25, 0.3) is 0 Å². The third-order valence-corrected chi connectivity index (χ3v) is 4.22. The monoisotopic (exact) mass is 299 g/mol. The van der Waals surface area contributed by atoms with Crippen molar-refractivity contribution in [3.63, 3.8) is 0 Å². The second-order valence-corrected chi connectivity index (χ2v) is 5.81. The first-order valence-electron chi connectivity index (χ1n) is 7.69. The van der Waals surface area contributed by atoms with Gasteiger partial charge in [0, 0.05) is 24.3 Å². The van der Waals surface area contributed by atoms with Crippen LogP contribution in [0.15, 0.2) is 36.7 Å². The second kappa shape index (κ2) is 6.70. The topological polar surface area (TPSA) is 77.0 Å². The molecule has 3 rings (SSSR count). The molecular weight excluding hydrogens is 278 g/mol. The Morgan fingerprint density at radius 3 is 3.05 bits per heavy atom. The van der Waals surface area contributed by atoms with E-state index in [4.69, 9.17) is 5.73 Å². The first-order valence-corrected chi connectivity index (χ1v) is 7.69. The van der Waals surface area contributed by atoms with Crippen LogP contribution in [0.1, 0.15) is 35.2 Å². The molecule has 1 aromatic carbocycles. The highest BCUT2D eigenvalue weighted by molar-refractivity contribution is 5.92. The molecule has 1 fully saturated rings. The largest absolute Gasteiger partial charge is 0.366 e. The Bertz CT molecular complexity index is 625. The summed E-state index contributed by atoms with van der Waals surface area (Å²) in [6.45, 7) is 2.76. The van der Waals surface area contributed by atoms with Crippen molar-refractivity contribution in [3.05, 3.63) is 47.8 Å². The third-order valence-electron chi connectivity index (χ3n) is 4.22. The standard InChI is InChI=1S/C16H21N5O/c17-16(22)14-5-3-4-13(10-14)11-20-8-2-1-6-15(20)12-21-9-7-18-19-21/h3-5,7,9-10,15H,1-2,6,8,11-12H2,(H2,17,22). The Morgan fingerprint density at radius 1 is 1.36 bits per heavy atom. The average Bonchev–Trinajstić information content (AvgIpc) is 3.02. The molecule has 1 aliphatic rings. The van der Waals surface area contributed by atoms with Gasteiger partial charge in [-0.25, -0.2) is 0 Å². The van der Waals surface area contributed by atoms with E-state index in [0.29, 0.717) is 11.6 Å². The summed E-state index contributed by atoms with van der Waals surface area (Å²) < 4.78 is 1.89. The maximum atomic E-state index is 11.3. The lowest BCUT2D eigenvalue weighted by atomic mass is 10.0.